The Labute approximate surface area is 96.0 Å². The van der Waals surface area contributed by atoms with Gasteiger partial charge in [0.15, 0.2) is 23.1 Å². The summed E-state index contributed by atoms with van der Waals surface area (Å²) in [6.45, 7) is -0.780. The van der Waals surface area contributed by atoms with Crippen molar-refractivity contribution in [3.05, 3.63) is 29.6 Å². The first kappa shape index (κ1) is 11.4. The Morgan fingerprint density at radius 2 is 2.18 bits per heavy atom. The standard InChI is InChI=1S/C11H10F2N2O2/c1-16-11-7(9-4-10(14)15-17-9)2-6(5-12)3-8(11)13/h2-4H,5H2,1H3,(H2,14,15). The van der Waals surface area contributed by atoms with E-state index in [4.69, 9.17) is 15.0 Å². The summed E-state index contributed by atoms with van der Waals surface area (Å²) in [5.41, 5.74) is 5.87. The van der Waals surface area contributed by atoms with E-state index < -0.39 is 12.5 Å². The molecule has 0 aliphatic rings. The second-order valence-electron chi connectivity index (χ2n) is 3.41. The highest BCUT2D eigenvalue weighted by Crippen LogP contribution is 2.34. The first-order valence-corrected chi connectivity index (χ1v) is 4.80. The summed E-state index contributed by atoms with van der Waals surface area (Å²) in [4.78, 5) is 0. The van der Waals surface area contributed by atoms with E-state index in [0.29, 0.717) is 0 Å². The Hall–Kier alpha value is -2.11. The van der Waals surface area contributed by atoms with Crippen molar-refractivity contribution in [2.24, 2.45) is 0 Å². The van der Waals surface area contributed by atoms with Crippen molar-refractivity contribution < 1.29 is 18.0 Å². The molecule has 0 aliphatic carbocycles. The van der Waals surface area contributed by atoms with Gasteiger partial charge in [-0.1, -0.05) is 5.16 Å². The summed E-state index contributed by atoms with van der Waals surface area (Å²) in [6, 6.07) is 3.92. The van der Waals surface area contributed by atoms with Crippen LogP contribution in [-0.2, 0) is 6.67 Å². The van der Waals surface area contributed by atoms with Gasteiger partial charge in [0, 0.05) is 6.07 Å². The lowest BCUT2D eigenvalue weighted by Crippen LogP contribution is -1.94. The van der Waals surface area contributed by atoms with Crippen molar-refractivity contribution in [2.45, 2.75) is 6.67 Å². The third kappa shape index (κ3) is 2.06. The Morgan fingerprint density at radius 3 is 2.71 bits per heavy atom. The molecule has 0 spiro atoms. The van der Waals surface area contributed by atoms with Crippen LogP contribution in [0.4, 0.5) is 14.6 Å². The average Bonchev–Trinajstić information content (AvgIpc) is 2.74. The molecule has 0 amide bonds. The van der Waals surface area contributed by atoms with Crippen molar-refractivity contribution in [3.8, 4) is 17.1 Å². The van der Waals surface area contributed by atoms with Crippen molar-refractivity contribution in [2.75, 3.05) is 12.8 Å². The summed E-state index contributed by atoms with van der Waals surface area (Å²) in [5, 5.41) is 3.48. The van der Waals surface area contributed by atoms with Crippen molar-refractivity contribution >= 4 is 5.82 Å². The molecule has 0 aliphatic heterocycles. The number of halogens is 2. The number of rotatable bonds is 3. The maximum atomic E-state index is 13.6. The minimum absolute atomic E-state index is 0.0293. The number of nitrogens with two attached hydrogens (primary N) is 1. The quantitative estimate of drug-likeness (QED) is 0.895. The zero-order valence-corrected chi connectivity index (χ0v) is 9.04. The fourth-order valence-electron chi connectivity index (χ4n) is 1.53. The van der Waals surface area contributed by atoms with Gasteiger partial charge in [-0.25, -0.2) is 8.78 Å². The second kappa shape index (κ2) is 4.40. The van der Waals surface area contributed by atoms with E-state index in [9.17, 15) is 8.78 Å². The first-order valence-electron chi connectivity index (χ1n) is 4.80. The van der Waals surface area contributed by atoms with Gasteiger partial charge in [0.05, 0.1) is 12.7 Å². The van der Waals surface area contributed by atoms with Crippen molar-refractivity contribution in [1.82, 2.24) is 5.16 Å². The number of benzene rings is 1. The molecule has 2 aromatic rings. The summed E-state index contributed by atoms with van der Waals surface area (Å²) in [6.07, 6.45) is 0. The third-order valence-electron chi connectivity index (χ3n) is 2.26. The largest absolute Gasteiger partial charge is 0.493 e. The second-order valence-corrected chi connectivity index (χ2v) is 3.41. The Bertz CT molecular complexity index is 540. The minimum Gasteiger partial charge on any atom is -0.493 e. The molecular formula is C11H10F2N2O2. The van der Waals surface area contributed by atoms with E-state index in [0.717, 1.165) is 6.07 Å². The van der Waals surface area contributed by atoms with E-state index in [1.807, 2.05) is 0 Å². The van der Waals surface area contributed by atoms with Crippen LogP contribution >= 0.6 is 0 Å². The van der Waals surface area contributed by atoms with Crippen LogP contribution in [0, 0.1) is 5.82 Å². The molecular weight excluding hydrogens is 230 g/mol. The normalized spacial score (nSPS) is 10.5. The fourth-order valence-corrected chi connectivity index (χ4v) is 1.53. The molecule has 1 aromatic carbocycles. The van der Waals surface area contributed by atoms with E-state index in [1.54, 1.807) is 0 Å². The van der Waals surface area contributed by atoms with Gasteiger partial charge in [0.2, 0.25) is 0 Å². The summed E-state index contributed by atoms with van der Waals surface area (Å²) in [7, 11) is 1.32. The number of alkyl halides is 1. The highest BCUT2D eigenvalue weighted by atomic mass is 19.1. The van der Waals surface area contributed by atoms with E-state index in [1.165, 1.54) is 19.2 Å². The lowest BCUT2D eigenvalue weighted by Gasteiger charge is -2.08. The van der Waals surface area contributed by atoms with Gasteiger partial charge in [-0.05, 0) is 17.7 Å². The monoisotopic (exact) mass is 240 g/mol. The molecule has 2 N–H and O–H groups in total. The lowest BCUT2D eigenvalue weighted by atomic mass is 10.1. The molecule has 6 heteroatoms. The highest BCUT2D eigenvalue weighted by Gasteiger charge is 2.16. The number of methoxy groups -OCH3 is 1. The van der Waals surface area contributed by atoms with Gasteiger partial charge in [-0.2, -0.15) is 0 Å². The van der Waals surface area contributed by atoms with Gasteiger partial charge in [0.1, 0.15) is 6.67 Å². The predicted molar refractivity (Wildman–Crippen MR) is 57.7 cm³/mol. The lowest BCUT2D eigenvalue weighted by molar-refractivity contribution is 0.381. The smallest absolute Gasteiger partial charge is 0.172 e. The van der Waals surface area contributed by atoms with Gasteiger partial charge in [-0.15, -0.1) is 0 Å². The third-order valence-corrected chi connectivity index (χ3v) is 2.26. The zero-order chi connectivity index (χ0) is 12.4. The zero-order valence-electron chi connectivity index (χ0n) is 9.04. The SMILES string of the molecule is COc1c(F)cc(CF)cc1-c1cc(N)no1. The molecule has 90 valence electrons. The molecule has 1 aromatic heterocycles. The molecule has 0 bridgehead atoms. The number of aromatic nitrogens is 1. The molecule has 17 heavy (non-hydrogen) atoms. The Balaban J connectivity index is 2.61. The van der Waals surface area contributed by atoms with Crippen molar-refractivity contribution in [3.63, 3.8) is 0 Å². The fraction of sp³-hybridized carbons (Fsp3) is 0.182. The minimum atomic E-state index is -0.780. The summed E-state index contributed by atoms with van der Waals surface area (Å²) < 4.78 is 36.0. The van der Waals surface area contributed by atoms with Crippen molar-refractivity contribution in [1.29, 1.82) is 0 Å². The Kier molecular flexibility index (Phi) is 2.95. The summed E-state index contributed by atoms with van der Waals surface area (Å²) >= 11 is 0. The molecule has 0 atom stereocenters. The number of anilines is 1. The van der Waals surface area contributed by atoms with Gasteiger partial charge >= 0.3 is 0 Å². The average molecular weight is 240 g/mol. The van der Waals surface area contributed by atoms with Crippen LogP contribution in [0.15, 0.2) is 22.7 Å². The molecule has 0 saturated carbocycles. The molecule has 2 rings (SSSR count). The van der Waals surface area contributed by atoms with Crippen LogP contribution in [0.3, 0.4) is 0 Å². The van der Waals surface area contributed by atoms with Gasteiger partial charge in [-0.3, -0.25) is 0 Å². The molecule has 0 unspecified atom stereocenters. The van der Waals surface area contributed by atoms with Crippen LogP contribution in [0.2, 0.25) is 0 Å². The molecule has 0 saturated heterocycles. The predicted octanol–water partition coefficient (Wildman–Crippen LogP) is 2.54. The van der Waals surface area contributed by atoms with Crippen LogP contribution in [0.25, 0.3) is 11.3 Å². The number of hydrogen-bond donors (Lipinski definition) is 1. The van der Waals surface area contributed by atoms with Crippen LogP contribution in [-0.4, -0.2) is 12.3 Å². The highest BCUT2D eigenvalue weighted by molar-refractivity contribution is 5.68. The number of nitrogens with zero attached hydrogens (tertiary/aromatic N) is 1. The molecule has 0 fully saturated rings. The summed E-state index contributed by atoms with van der Waals surface area (Å²) in [5.74, 6) is -0.298. The molecule has 1 heterocycles. The Morgan fingerprint density at radius 1 is 1.41 bits per heavy atom. The first-order chi connectivity index (χ1) is 8.15. The van der Waals surface area contributed by atoms with E-state index in [2.05, 4.69) is 5.16 Å². The van der Waals surface area contributed by atoms with E-state index >= 15 is 0 Å². The molecule has 4 nitrogen and oxygen atoms in total. The molecule has 0 radical (unpaired) electrons. The maximum Gasteiger partial charge on any atom is 0.172 e. The maximum absolute atomic E-state index is 13.6. The van der Waals surface area contributed by atoms with Crippen LogP contribution in [0.5, 0.6) is 5.75 Å². The van der Waals surface area contributed by atoms with Crippen LogP contribution < -0.4 is 10.5 Å². The van der Waals surface area contributed by atoms with Gasteiger partial charge in [0.25, 0.3) is 0 Å². The van der Waals surface area contributed by atoms with E-state index in [-0.39, 0.29) is 28.5 Å². The van der Waals surface area contributed by atoms with Gasteiger partial charge < -0.3 is 15.0 Å². The number of ether oxygens (including phenoxy) is 1. The topological polar surface area (TPSA) is 61.3 Å². The number of nitrogen functional groups attached to an aromatic ring is 1. The van der Waals surface area contributed by atoms with Crippen LogP contribution in [0.1, 0.15) is 5.56 Å². The number of hydrogen-bond acceptors (Lipinski definition) is 4.